The monoisotopic (exact) mass is 353 g/mol. The molecule has 8 nitrogen and oxygen atoms in total. The molecule has 4 N–H and O–H groups in total. The van der Waals surface area contributed by atoms with Gasteiger partial charge in [0.05, 0.1) is 12.7 Å². The molecule has 1 aliphatic rings. The van der Waals surface area contributed by atoms with Crippen LogP contribution in [0.4, 0.5) is 5.95 Å². The van der Waals surface area contributed by atoms with Crippen molar-refractivity contribution in [2.24, 2.45) is 11.5 Å². The fraction of sp³-hybridized carbons (Fsp3) is 0.389. The summed E-state index contributed by atoms with van der Waals surface area (Å²) in [6, 6.07) is 7.99. The van der Waals surface area contributed by atoms with Gasteiger partial charge >= 0.3 is 0 Å². The van der Waals surface area contributed by atoms with Gasteiger partial charge in [-0.05, 0) is 24.0 Å². The first-order valence-electron chi connectivity index (χ1n) is 8.88. The summed E-state index contributed by atoms with van der Waals surface area (Å²) >= 11 is 0. The van der Waals surface area contributed by atoms with Gasteiger partial charge in [-0.2, -0.15) is 0 Å². The number of anilines is 1. The molecule has 1 saturated heterocycles. The molecule has 1 aromatic carbocycles. The maximum absolute atomic E-state index is 13.1. The minimum atomic E-state index is -0.113. The fourth-order valence-electron chi connectivity index (χ4n) is 3.55. The standard InChI is InChI=1S/C18H23N7O/c19-8-13-4-1-2-5-14(13)10-24-17(26)16-9-21-12-25(16)22-18(24)23-7-3-6-15(20)11-23/h1-2,4-5,9,12,15H,3,6-8,10-11,19-20H2. The van der Waals surface area contributed by atoms with Crippen molar-refractivity contribution < 1.29 is 0 Å². The topological polar surface area (TPSA) is 107 Å². The van der Waals surface area contributed by atoms with Crippen molar-refractivity contribution in [3.63, 3.8) is 0 Å². The Bertz CT molecular complexity index is 977. The van der Waals surface area contributed by atoms with Crippen molar-refractivity contribution in [3.05, 3.63) is 58.3 Å². The first-order valence-corrected chi connectivity index (χ1v) is 8.88. The van der Waals surface area contributed by atoms with Crippen LogP contribution < -0.4 is 21.9 Å². The zero-order valence-electron chi connectivity index (χ0n) is 14.6. The van der Waals surface area contributed by atoms with Crippen molar-refractivity contribution in [2.45, 2.75) is 32.0 Å². The molecule has 1 unspecified atom stereocenters. The highest BCUT2D eigenvalue weighted by atomic mass is 16.1. The van der Waals surface area contributed by atoms with E-state index in [0.29, 0.717) is 31.1 Å². The largest absolute Gasteiger partial charge is 0.339 e. The second-order valence-electron chi connectivity index (χ2n) is 6.74. The smallest absolute Gasteiger partial charge is 0.281 e. The van der Waals surface area contributed by atoms with E-state index >= 15 is 0 Å². The van der Waals surface area contributed by atoms with E-state index in [4.69, 9.17) is 11.5 Å². The van der Waals surface area contributed by atoms with Crippen LogP contribution in [0.15, 0.2) is 41.6 Å². The number of nitrogens with zero attached hydrogens (tertiary/aromatic N) is 5. The summed E-state index contributed by atoms with van der Waals surface area (Å²) < 4.78 is 3.26. The van der Waals surface area contributed by atoms with E-state index in [9.17, 15) is 4.79 Å². The second-order valence-corrected chi connectivity index (χ2v) is 6.74. The highest BCUT2D eigenvalue weighted by Gasteiger charge is 2.23. The normalized spacial score (nSPS) is 17.8. The highest BCUT2D eigenvalue weighted by Crippen LogP contribution is 2.19. The van der Waals surface area contributed by atoms with Crippen LogP contribution in [0.2, 0.25) is 0 Å². The van der Waals surface area contributed by atoms with Crippen LogP contribution in [-0.2, 0) is 13.1 Å². The number of nitrogens with two attached hydrogens (primary N) is 2. The van der Waals surface area contributed by atoms with Gasteiger partial charge in [-0.3, -0.25) is 9.36 Å². The zero-order valence-corrected chi connectivity index (χ0v) is 14.6. The Kier molecular flexibility index (Phi) is 4.44. The van der Waals surface area contributed by atoms with Crippen LogP contribution in [-0.4, -0.2) is 38.3 Å². The number of piperidine rings is 1. The molecule has 0 aliphatic carbocycles. The maximum Gasteiger partial charge on any atom is 0.281 e. The van der Waals surface area contributed by atoms with Gasteiger partial charge < -0.3 is 16.4 Å². The van der Waals surface area contributed by atoms with E-state index in [-0.39, 0.29) is 11.6 Å². The SMILES string of the molecule is NCc1ccccc1Cn1c(N2CCCC(N)C2)nn2cncc2c1=O. The Morgan fingerprint density at radius 1 is 1.23 bits per heavy atom. The number of hydrogen-bond acceptors (Lipinski definition) is 6. The summed E-state index contributed by atoms with van der Waals surface area (Å²) in [6.45, 7) is 2.36. The van der Waals surface area contributed by atoms with Gasteiger partial charge in [0.15, 0.2) is 5.52 Å². The number of rotatable bonds is 4. The molecular weight excluding hydrogens is 330 g/mol. The summed E-state index contributed by atoms with van der Waals surface area (Å²) in [7, 11) is 0. The third-order valence-electron chi connectivity index (χ3n) is 4.93. The van der Waals surface area contributed by atoms with Crippen molar-refractivity contribution in [1.29, 1.82) is 0 Å². The highest BCUT2D eigenvalue weighted by molar-refractivity contribution is 5.45. The van der Waals surface area contributed by atoms with Crippen LogP contribution in [0.1, 0.15) is 24.0 Å². The average molecular weight is 353 g/mol. The summed E-state index contributed by atoms with van der Waals surface area (Å²) in [6.07, 6.45) is 5.08. The number of fused-ring (bicyclic) bond motifs is 1. The summed E-state index contributed by atoms with van der Waals surface area (Å²) in [5.41, 5.74) is 14.4. The lowest BCUT2D eigenvalue weighted by atomic mass is 10.1. The first-order chi connectivity index (χ1) is 12.7. The molecule has 0 amide bonds. The minimum Gasteiger partial charge on any atom is -0.339 e. The summed E-state index contributed by atoms with van der Waals surface area (Å²) in [4.78, 5) is 19.3. The average Bonchev–Trinajstić information content (AvgIpc) is 3.13. The predicted octanol–water partition coefficient (Wildman–Crippen LogP) is 0.326. The Morgan fingerprint density at radius 2 is 2.04 bits per heavy atom. The Labute approximate surface area is 151 Å². The Hall–Kier alpha value is -2.71. The van der Waals surface area contributed by atoms with Gasteiger partial charge in [-0.1, -0.05) is 24.3 Å². The molecule has 0 spiro atoms. The third-order valence-corrected chi connectivity index (χ3v) is 4.93. The molecule has 8 heteroatoms. The fourth-order valence-corrected chi connectivity index (χ4v) is 3.55. The molecule has 4 rings (SSSR count). The van der Waals surface area contributed by atoms with Gasteiger partial charge in [0.2, 0.25) is 5.95 Å². The van der Waals surface area contributed by atoms with Crippen LogP contribution in [0.3, 0.4) is 0 Å². The van der Waals surface area contributed by atoms with Crippen LogP contribution in [0, 0.1) is 0 Å². The molecule has 3 aromatic rings. The lowest BCUT2D eigenvalue weighted by Gasteiger charge is -2.32. The van der Waals surface area contributed by atoms with Gasteiger partial charge in [-0.25, -0.2) is 9.50 Å². The second kappa shape index (κ2) is 6.89. The van der Waals surface area contributed by atoms with Gasteiger partial charge in [-0.15, -0.1) is 5.10 Å². The van der Waals surface area contributed by atoms with E-state index in [2.05, 4.69) is 15.0 Å². The molecule has 136 valence electrons. The Morgan fingerprint density at radius 3 is 2.81 bits per heavy atom. The van der Waals surface area contributed by atoms with Crippen LogP contribution in [0.25, 0.3) is 5.52 Å². The number of benzene rings is 1. The van der Waals surface area contributed by atoms with Gasteiger partial charge in [0, 0.05) is 25.7 Å². The van der Waals surface area contributed by atoms with E-state index in [1.54, 1.807) is 21.6 Å². The summed E-state index contributed by atoms with van der Waals surface area (Å²) in [5.74, 6) is 0.627. The molecule has 2 aromatic heterocycles. The minimum absolute atomic E-state index is 0.0870. The predicted molar refractivity (Wildman–Crippen MR) is 100 cm³/mol. The molecule has 1 fully saturated rings. The molecule has 0 bridgehead atoms. The van der Waals surface area contributed by atoms with E-state index < -0.39 is 0 Å². The zero-order chi connectivity index (χ0) is 18.1. The van der Waals surface area contributed by atoms with Crippen LogP contribution >= 0.6 is 0 Å². The number of aromatic nitrogens is 4. The molecular formula is C18H23N7O. The molecule has 1 atom stereocenters. The number of hydrogen-bond donors (Lipinski definition) is 2. The summed E-state index contributed by atoms with van der Waals surface area (Å²) in [5, 5.41) is 4.66. The molecule has 26 heavy (non-hydrogen) atoms. The molecule has 1 aliphatic heterocycles. The van der Waals surface area contributed by atoms with Gasteiger partial charge in [0.25, 0.3) is 5.56 Å². The maximum atomic E-state index is 13.1. The van der Waals surface area contributed by atoms with Crippen molar-refractivity contribution in [1.82, 2.24) is 19.2 Å². The van der Waals surface area contributed by atoms with E-state index in [1.807, 2.05) is 24.3 Å². The van der Waals surface area contributed by atoms with Crippen molar-refractivity contribution in [2.75, 3.05) is 18.0 Å². The Balaban J connectivity index is 1.84. The first kappa shape index (κ1) is 16.7. The van der Waals surface area contributed by atoms with Crippen molar-refractivity contribution >= 4 is 11.5 Å². The van der Waals surface area contributed by atoms with Crippen LogP contribution in [0.5, 0.6) is 0 Å². The quantitative estimate of drug-likeness (QED) is 0.700. The van der Waals surface area contributed by atoms with E-state index in [1.165, 1.54) is 0 Å². The number of imidazole rings is 1. The lowest BCUT2D eigenvalue weighted by molar-refractivity contribution is 0.487. The molecule has 0 saturated carbocycles. The molecule has 0 radical (unpaired) electrons. The molecule has 3 heterocycles. The lowest BCUT2D eigenvalue weighted by Crippen LogP contribution is -2.46. The van der Waals surface area contributed by atoms with E-state index in [0.717, 1.165) is 30.5 Å². The van der Waals surface area contributed by atoms with Crippen molar-refractivity contribution in [3.8, 4) is 0 Å². The van der Waals surface area contributed by atoms with Gasteiger partial charge in [0.1, 0.15) is 6.33 Å². The third kappa shape index (κ3) is 2.97.